The standard InChI is InChI=1S/C24H38N2O7/c1-16(22(30)25-13-14-33-15-17-9-7-6-8-10-17)26-23(31)21(32-5)20(29)19(28)18(27)11-12-24(2,3)4/h6-12,16,18-21,27-29H,13-15H2,1-5H3,(H,25,30)(H,26,31)/b12-11+/t16-,18+,19-,20+,21+/m0/s1. The van der Waals surface area contributed by atoms with Crippen LogP contribution in [0.3, 0.4) is 0 Å². The molecule has 0 fully saturated rings. The molecule has 0 aliphatic rings. The number of carbonyl (C=O) groups excluding carboxylic acids is 2. The Hall–Kier alpha value is -2.30. The van der Waals surface area contributed by atoms with E-state index in [4.69, 9.17) is 9.47 Å². The smallest absolute Gasteiger partial charge is 0.252 e. The van der Waals surface area contributed by atoms with E-state index >= 15 is 0 Å². The van der Waals surface area contributed by atoms with Crippen molar-refractivity contribution < 1.29 is 34.4 Å². The van der Waals surface area contributed by atoms with Gasteiger partial charge in [-0.1, -0.05) is 63.3 Å². The Balaban J connectivity index is 2.48. The third-order valence-corrected chi connectivity index (χ3v) is 4.72. The van der Waals surface area contributed by atoms with Crippen LogP contribution in [0.5, 0.6) is 0 Å². The van der Waals surface area contributed by atoms with Gasteiger partial charge in [-0.25, -0.2) is 0 Å². The number of benzene rings is 1. The molecule has 0 radical (unpaired) electrons. The van der Waals surface area contributed by atoms with E-state index in [2.05, 4.69) is 10.6 Å². The summed E-state index contributed by atoms with van der Waals surface area (Å²) >= 11 is 0. The highest BCUT2D eigenvalue weighted by Gasteiger charge is 2.36. The van der Waals surface area contributed by atoms with Crippen molar-refractivity contribution in [3.05, 3.63) is 48.0 Å². The van der Waals surface area contributed by atoms with Crippen LogP contribution in [0.15, 0.2) is 42.5 Å². The van der Waals surface area contributed by atoms with Crippen LogP contribution in [0.1, 0.15) is 33.3 Å². The molecule has 0 spiro atoms. The van der Waals surface area contributed by atoms with Crippen LogP contribution >= 0.6 is 0 Å². The van der Waals surface area contributed by atoms with E-state index in [1.165, 1.54) is 20.1 Å². The summed E-state index contributed by atoms with van der Waals surface area (Å²) in [6, 6.07) is 8.70. The largest absolute Gasteiger partial charge is 0.387 e. The highest BCUT2D eigenvalue weighted by Crippen LogP contribution is 2.17. The molecular weight excluding hydrogens is 428 g/mol. The van der Waals surface area contributed by atoms with Gasteiger partial charge in [0.25, 0.3) is 5.91 Å². The molecule has 1 aromatic carbocycles. The summed E-state index contributed by atoms with van der Waals surface area (Å²) < 4.78 is 10.5. The second kappa shape index (κ2) is 14.1. The van der Waals surface area contributed by atoms with Gasteiger partial charge in [0, 0.05) is 13.7 Å². The van der Waals surface area contributed by atoms with Crippen LogP contribution in [0, 0.1) is 5.41 Å². The first-order valence-electron chi connectivity index (χ1n) is 10.9. The molecule has 0 aliphatic carbocycles. The number of hydrogen-bond acceptors (Lipinski definition) is 7. The molecule has 0 aromatic heterocycles. The number of allylic oxidation sites excluding steroid dienone is 1. The fraction of sp³-hybridized carbons (Fsp3) is 0.583. The van der Waals surface area contributed by atoms with E-state index in [1.807, 2.05) is 51.1 Å². The van der Waals surface area contributed by atoms with Crippen molar-refractivity contribution in [3.63, 3.8) is 0 Å². The molecule has 5 atom stereocenters. The van der Waals surface area contributed by atoms with Crippen LogP contribution < -0.4 is 10.6 Å². The molecule has 1 aromatic rings. The zero-order chi connectivity index (χ0) is 25.0. The number of hydrogen-bond donors (Lipinski definition) is 5. The fourth-order valence-corrected chi connectivity index (χ4v) is 2.81. The van der Waals surface area contributed by atoms with E-state index in [9.17, 15) is 24.9 Å². The number of aliphatic hydroxyl groups excluding tert-OH is 3. The summed E-state index contributed by atoms with van der Waals surface area (Å²) in [5.74, 6) is -1.23. The molecule has 2 amide bonds. The molecule has 9 heteroatoms. The van der Waals surface area contributed by atoms with Gasteiger partial charge in [-0.3, -0.25) is 9.59 Å². The number of methoxy groups -OCH3 is 1. The van der Waals surface area contributed by atoms with Crippen molar-refractivity contribution in [3.8, 4) is 0 Å². The monoisotopic (exact) mass is 466 g/mol. The Morgan fingerprint density at radius 3 is 2.27 bits per heavy atom. The van der Waals surface area contributed by atoms with Gasteiger partial charge in [0.05, 0.1) is 13.2 Å². The predicted octanol–water partition coefficient (Wildman–Crippen LogP) is 0.524. The first-order chi connectivity index (χ1) is 15.5. The van der Waals surface area contributed by atoms with E-state index in [1.54, 1.807) is 6.08 Å². The van der Waals surface area contributed by atoms with Gasteiger partial charge in [-0.2, -0.15) is 0 Å². The highest BCUT2D eigenvalue weighted by molar-refractivity contribution is 5.89. The summed E-state index contributed by atoms with van der Waals surface area (Å²) in [5, 5.41) is 35.8. The average Bonchev–Trinajstić information content (AvgIpc) is 2.77. The quantitative estimate of drug-likeness (QED) is 0.211. The lowest BCUT2D eigenvalue weighted by atomic mass is 9.94. The van der Waals surface area contributed by atoms with Crippen LogP contribution in [-0.2, 0) is 25.7 Å². The lowest BCUT2D eigenvalue weighted by molar-refractivity contribution is -0.150. The van der Waals surface area contributed by atoms with Crippen molar-refractivity contribution in [1.82, 2.24) is 10.6 Å². The van der Waals surface area contributed by atoms with Gasteiger partial charge in [0.1, 0.15) is 24.4 Å². The third kappa shape index (κ3) is 10.9. The van der Waals surface area contributed by atoms with Crippen LogP contribution in [0.25, 0.3) is 0 Å². The van der Waals surface area contributed by atoms with Gasteiger partial charge < -0.3 is 35.4 Å². The van der Waals surface area contributed by atoms with E-state index in [0.717, 1.165) is 5.56 Å². The maximum absolute atomic E-state index is 12.5. The molecule has 0 saturated heterocycles. The Morgan fingerprint density at radius 1 is 1.06 bits per heavy atom. The summed E-state index contributed by atoms with van der Waals surface area (Å²) in [5.41, 5.74) is 0.786. The number of nitrogens with one attached hydrogen (secondary N) is 2. The Bertz CT molecular complexity index is 749. The van der Waals surface area contributed by atoms with Crippen molar-refractivity contribution >= 4 is 11.8 Å². The minimum absolute atomic E-state index is 0.237. The van der Waals surface area contributed by atoms with Crippen molar-refractivity contribution in [2.24, 2.45) is 5.41 Å². The average molecular weight is 467 g/mol. The van der Waals surface area contributed by atoms with Crippen molar-refractivity contribution in [1.29, 1.82) is 0 Å². The normalized spacial score (nSPS) is 16.6. The van der Waals surface area contributed by atoms with Crippen molar-refractivity contribution in [2.75, 3.05) is 20.3 Å². The zero-order valence-corrected chi connectivity index (χ0v) is 20.0. The fourth-order valence-electron chi connectivity index (χ4n) is 2.81. The molecule has 0 bridgehead atoms. The molecule has 186 valence electrons. The lowest BCUT2D eigenvalue weighted by Gasteiger charge is -2.28. The molecule has 9 nitrogen and oxygen atoms in total. The van der Waals surface area contributed by atoms with Crippen LogP contribution in [-0.4, -0.2) is 77.9 Å². The molecule has 0 unspecified atom stereocenters. The zero-order valence-electron chi connectivity index (χ0n) is 20.0. The van der Waals surface area contributed by atoms with Crippen LogP contribution in [0.4, 0.5) is 0 Å². The molecule has 0 saturated carbocycles. The van der Waals surface area contributed by atoms with Gasteiger partial charge in [0.2, 0.25) is 5.91 Å². The first kappa shape index (κ1) is 28.7. The van der Waals surface area contributed by atoms with E-state index < -0.39 is 42.3 Å². The maximum atomic E-state index is 12.5. The van der Waals surface area contributed by atoms with Gasteiger partial charge in [-0.05, 0) is 17.9 Å². The Kier molecular flexibility index (Phi) is 12.2. The van der Waals surface area contributed by atoms with Gasteiger partial charge >= 0.3 is 0 Å². The molecule has 0 aliphatic heterocycles. The van der Waals surface area contributed by atoms with Gasteiger partial charge in [0.15, 0.2) is 6.10 Å². The summed E-state index contributed by atoms with van der Waals surface area (Å²) in [6.07, 6.45) is -3.22. The highest BCUT2D eigenvalue weighted by atomic mass is 16.5. The molecule has 33 heavy (non-hydrogen) atoms. The number of amides is 2. The topological polar surface area (TPSA) is 137 Å². The Labute approximate surface area is 195 Å². The number of ether oxygens (including phenoxy) is 2. The molecule has 0 heterocycles. The predicted molar refractivity (Wildman–Crippen MR) is 124 cm³/mol. The Morgan fingerprint density at radius 2 is 1.70 bits per heavy atom. The van der Waals surface area contributed by atoms with E-state index in [-0.39, 0.29) is 12.0 Å². The second-order valence-electron chi connectivity index (χ2n) is 8.91. The summed E-state index contributed by atoms with van der Waals surface area (Å²) in [6.45, 7) is 8.19. The second-order valence-corrected chi connectivity index (χ2v) is 8.91. The number of aliphatic hydroxyl groups is 3. The lowest BCUT2D eigenvalue weighted by Crippen LogP contribution is -2.55. The van der Waals surface area contributed by atoms with Crippen molar-refractivity contribution in [2.45, 2.75) is 64.8 Å². The number of rotatable bonds is 13. The summed E-state index contributed by atoms with van der Waals surface area (Å²) in [4.78, 5) is 24.7. The molecular formula is C24H38N2O7. The summed E-state index contributed by atoms with van der Waals surface area (Å²) in [7, 11) is 1.19. The maximum Gasteiger partial charge on any atom is 0.252 e. The first-order valence-corrected chi connectivity index (χ1v) is 10.9. The SMILES string of the molecule is CO[C@@H](C(=O)N[C@@H](C)C(=O)NCCOCc1ccccc1)[C@H](O)[C@@H](O)[C@H](O)/C=C/C(C)(C)C. The van der Waals surface area contributed by atoms with Crippen LogP contribution in [0.2, 0.25) is 0 Å². The van der Waals surface area contributed by atoms with Gasteiger partial charge in [-0.15, -0.1) is 0 Å². The molecule has 5 N–H and O–H groups in total. The minimum atomic E-state index is -1.71. The third-order valence-electron chi connectivity index (χ3n) is 4.72. The molecule has 1 rings (SSSR count). The number of carbonyl (C=O) groups is 2. The minimum Gasteiger partial charge on any atom is -0.387 e. The van der Waals surface area contributed by atoms with E-state index in [0.29, 0.717) is 13.2 Å².